The van der Waals surface area contributed by atoms with Crippen LogP contribution in [0.1, 0.15) is 17.3 Å². The second-order valence-electron chi connectivity index (χ2n) is 5.59. The van der Waals surface area contributed by atoms with Crippen molar-refractivity contribution in [1.29, 1.82) is 0 Å². The fraction of sp³-hybridized carbons (Fsp3) is 0.222. The maximum atomic E-state index is 12.6. The van der Waals surface area contributed by atoms with E-state index in [1.807, 2.05) is 18.4 Å². The molecule has 2 aromatic carbocycles. The third-order valence-electron chi connectivity index (χ3n) is 3.72. The van der Waals surface area contributed by atoms with Crippen molar-refractivity contribution in [2.45, 2.75) is 16.7 Å². The van der Waals surface area contributed by atoms with Gasteiger partial charge in [-0.15, -0.1) is 11.8 Å². The van der Waals surface area contributed by atoms with Gasteiger partial charge in [0.25, 0.3) is 0 Å². The average molecular weight is 393 g/mol. The molecule has 0 aliphatic carbocycles. The van der Waals surface area contributed by atoms with Gasteiger partial charge in [0.2, 0.25) is 15.9 Å². The first-order chi connectivity index (χ1) is 12.3. The van der Waals surface area contributed by atoms with Crippen molar-refractivity contribution >= 4 is 39.2 Å². The molecule has 1 N–H and O–H groups in total. The predicted octanol–water partition coefficient (Wildman–Crippen LogP) is 2.87. The van der Waals surface area contributed by atoms with E-state index in [0.717, 1.165) is 9.20 Å². The number of anilines is 1. The molecule has 26 heavy (non-hydrogen) atoms. The quantitative estimate of drug-likeness (QED) is 0.579. The van der Waals surface area contributed by atoms with E-state index in [1.165, 1.54) is 50.0 Å². The zero-order chi connectivity index (χ0) is 19.3. The molecule has 0 unspecified atom stereocenters. The first kappa shape index (κ1) is 20.2. The average Bonchev–Trinajstić information content (AvgIpc) is 2.62. The first-order valence-corrected chi connectivity index (χ1v) is 10.4. The molecule has 0 bridgehead atoms. The van der Waals surface area contributed by atoms with Gasteiger partial charge >= 0.3 is 0 Å². The summed E-state index contributed by atoms with van der Waals surface area (Å²) in [5.74, 6) is -0.577. The van der Waals surface area contributed by atoms with Crippen LogP contribution < -0.4 is 5.32 Å². The third-order valence-corrected chi connectivity index (χ3v) is 6.33. The minimum Gasteiger partial charge on any atom is -0.324 e. The summed E-state index contributed by atoms with van der Waals surface area (Å²) in [6, 6.07) is 12.9. The lowest BCUT2D eigenvalue weighted by Gasteiger charge is -2.17. The number of amides is 1. The van der Waals surface area contributed by atoms with Gasteiger partial charge in [-0.2, -0.15) is 4.31 Å². The minimum atomic E-state index is -3.83. The molecule has 0 fully saturated rings. The largest absolute Gasteiger partial charge is 0.324 e. The highest BCUT2D eigenvalue weighted by atomic mass is 32.2. The Morgan fingerprint density at radius 1 is 1.08 bits per heavy atom. The molecule has 0 saturated heterocycles. The number of nitrogens with one attached hydrogen (secondary N) is 1. The number of Topliss-reactive ketones (excluding diaryl/α,β-unsaturated/α-hetero) is 1. The molecular formula is C18H20N2O4S2. The van der Waals surface area contributed by atoms with E-state index in [9.17, 15) is 18.0 Å². The molecule has 0 aliphatic heterocycles. The highest BCUT2D eigenvalue weighted by Crippen LogP contribution is 2.24. The number of carbonyl (C=O) groups is 2. The number of ketones is 1. The fourth-order valence-corrected chi connectivity index (χ4v) is 3.95. The van der Waals surface area contributed by atoms with Crippen molar-refractivity contribution in [2.24, 2.45) is 0 Å². The molecule has 2 rings (SSSR count). The molecule has 8 heteroatoms. The van der Waals surface area contributed by atoms with E-state index in [1.54, 1.807) is 12.1 Å². The maximum Gasteiger partial charge on any atom is 0.243 e. The summed E-state index contributed by atoms with van der Waals surface area (Å²) in [5.41, 5.74) is 1.07. The molecule has 0 heterocycles. The highest BCUT2D eigenvalue weighted by molar-refractivity contribution is 7.98. The number of hydrogen-bond acceptors (Lipinski definition) is 5. The van der Waals surface area contributed by atoms with Crippen molar-refractivity contribution in [3.05, 3.63) is 54.1 Å². The smallest absolute Gasteiger partial charge is 0.243 e. The van der Waals surface area contributed by atoms with E-state index >= 15 is 0 Å². The molecular weight excluding hydrogens is 372 g/mol. The zero-order valence-corrected chi connectivity index (χ0v) is 16.4. The van der Waals surface area contributed by atoms with Crippen LogP contribution in [0, 0.1) is 0 Å². The first-order valence-electron chi connectivity index (χ1n) is 7.76. The Bertz CT molecular complexity index is 909. The molecule has 0 radical (unpaired) electrons. The Morgan fingerprint density at radius 3 is 2.27 bits per heavy atom. The Kier molecular flexibility index (Phi) is 6.57. The topological polar surface area (TPSA) is 83.6 Å². The number of para-hydroxylation sites is 1. The van der Waals surface area contributed by atoms with Gasteiger partial charge in [-0.05, 0) is 37.4 Å². The van der Waals surface area contributed by atoms with Gasteiger partial charge in [-0.1, -0.05) is 24.3 Å². The molecule has 0 saturated carbocycles. The van der Waals surface area contributed by atoms with Crippen LogP contribution in [0.25, 0.3) is 0 Å². The van der Waals surface area contributed by atoms with Crippen molar-refractivity contribution in [3.63, 3.8) is 0 Å². The lowest BCUT2D eigenvalue weighted by molar-refractivity contribution is -0.116. The molecule has 0 aromatic heterocycles. The van der Waals surface area contributed by atoms with Gasteiger partial charge in [0, 0.05) is 17.5 Å². The summed E-state index contributed by atoms with van der Waals surface area (Å²) < 4.78 is 26.1. The monoisotopic (exact) mass is 392 g/mol. The second-order valence-corrected chi connectivity index (χ2v) is 8.48. The van der Waals surface area contributed by atoms with Crippen molar-refractivity contribution in [3.8, 4) is 0 Å². The van der Waals surface area contributed by atoms with Crippen LogP contribution in [0.4, 0.5) is 5.69 Å². The fourth-order valence-electron chi connectivity index (χ4n) is 2.27. The van der Waals surface area contributed by atoms with Gasteiger partial charge in [0.1, 0.15) is 0 Å². The Morgan fingerprint density at radius 2 is 1.69 bits per heavy atom. The normalized spacial score (nSPS) is 11.4. The van der Waals surface area contributed by atoms with Gasteiger partial charge in [0.15, 0.2) is 5.78 Å². The Labute approximate surface area is 157 Å². The summed E-state index contributed by atoms with van der Waals surface area (Å²) >= 11 is 1.49. The standard InChI is InChI=1S/C18H20N2O4S2/c1-13(21)14-8-10-15(11-9-14)26(23,24)20(2)12-18(22)19-16-6-4-5-7-17(16)25-3/h4-11H,12H2,1-3H3,(H,19,22). The van der Waals surface area contributed by atoms with Crippen LogP contribution in [-0.4, -0.2) is 44.3 Å². The van der Waals surface area contributed by atoms with Crippen LogP contribution in [0.15, 0.2) is 58.3 Å². The van der Waals surface area contributed by atoms with Crippen molar-refractivity contribution in [1.82, 2.24) is 4.31 Å². The number of hydrogen-bond donors (Lipinski definition) is 1. The lowest BCUT2D eigenvalue weighted by Crippen LogP contribution is -2.35. The summed E-state index contributed by atoms with van der Waals surface area (Å²) in [6.45, 7) is 1.09. The molecule has 2 aromatic rings. The summed E-state index contributed by atoms with van der Waals surface area (Å²) in [6.07, 6.45) is 1.90. The molecule has 0 atom stereocenters. The Hall–Kier alpha value is -2.16. The van der Waals surface area contributed by atoms with Crippen LogP contribution in [0.5, 0.6) is 0 Å². The van der Waals surface area contributed by atoms with E-state index in [4.69, 9.17) is 0 Å². The van der Waals surface area contributed by atoms with E-state index < -0.39 is 15.9 Å². The highest BCUT2D eigenvalue weighted by Gasteiger charge is 2.23. The molecule has 0 spiro atoms. The van der Waals surface area contributed by atoms with Gasteiger partial charge < -0.3 is 5.32 Å². The summed E-state index contributed by atoms with van der Waals surface area (Å²) in [7, 11) is -2.49. The van der Waals surface area contributed by atoms with Crippen molar-refractivity contribution < 1.29 is 18.0 Å². The van der Waals surface area contributed by atoms with Crippen LogP contribution in [0.2, 0.25) is 0 Å². The number of carbonyl (C=O) groups excluding carboxylic acids is 2. The molecule has 6 nitrogen and oxygen atoms in total. The number of sulfonamides is 1. The van der Waals surface area contributed by atoms with Crippen LogP contribution >= 0.6 is 11.8 Å². The van der Waals surface area contributed by atoms with Gasteiger partial charge in [-0.3, -0.25) is 9.59 Å². The number of rotatable bonds is 7. The number of benzene rings is 2. The van der Waals surface area contributed by atoms with Crippen LogP contribution in [-0.2, 0) is 14.8 Å². The zero-order valence-electron chi connectivity index (χ0n) is 14.7. The molecule has 0 aliphatic rings. The minimum absolute atomic E-state index is 0.0299. The summed E-state index contributed by atoms with van der Waals surface area (Å²) in [4.78, 5) is 24.5. The predicted molar refractivity (Wildman–Crippen MR) is 103 cm³/mol. The van der Waals surface area contributed by atoms with E-state index in [2.05, 4.69) is 5.32 Å². The van der Waals surface area contributed by atoms with E-state index in [-0.39, 0.29) is 17.2 Å². The van der Waals surface area contributed by atoms with Crippen molar-refractivity contribution in [2.75, 3.05) is 25.2 Å². The number of thioether (sulfide) groups is 1. The van der Waals surface area contributed by atoms with E-state index in [0.29, 0.717) is 11.3 Å². The Balaban J connectivity index is 2.11. The van der Waals surface area contributed by atoms with Gasteiger partial charge in [0.05, 0.1) is 17.1 Å². The summed E-state index contributed by atoms with van der Waals surface area (Å²) in [5, 5.41) is 2.73. The lowest BCUT2D eigenvalue weighted by atomic mass is 10.2. The SMILES string of the molecule is CSc1ccccc1NC(=O)CN(C)S(=O)(=O)c1ccc(C(C)=O)cc1. The van der Waals surface area contributed by atoms with Crippen LogP contribution in [0.3, 0.4) is 0 Å². The maximum absolute atomic E-state index is 12.6. The molecule has 138 valence electrons. The van der Waals surface area contributed by atoms with Gasteiger partial charge in [-0.25, -0.2) is 8.42 Å². The third kappa shape index (κ3) is 4.72. The number of likely N-dealkylation sites (N-methyl/N-ethyl adjacent to an activating group) is 1. The molecule has 1 amide bonds. The number of nitrogens with zero attached hydrogens (tertiary/aromatic N) is 1. The second kappa shape index (κ2) is 8.48.